The van der Waals surface area contributed by atoms with Gasteiger partial charge in [-0.05, 0) is 6.07 Å². The summed E-state index contributed by atoms with van der Waals surface area (Å²) in [6.07, 6.45) is 0. The third-order valence-corrected chi connectivity index (χ3v) is 3.00. The van der Waals surface area contributed by atoms with Crippen LogP contribution in [0.4, 0.5) is 5.69 Å². The molecule has 0 saturated heterocycles. The van der Waals surface area contributed by atoms with Crippen LogP contribution >= 0.6 is 11.3 Å². The number of benzene rings is 1. The number of thiazole rings is 1. The van der Waals surface area contributed by atoms with Crippen molar-refractivity contribution in [1.29, 1.82) is 0 Å². The van der Waals surface area contributed by atoms with Gasteiger partial charge < -0.3 is 10.4 Å². The summed E-state index contributed by atoms with van der Waals surface area (Å²) in [5.74, 6) is -1.22. The molecule has 1 aromatic carbocycles. The highest BCUT2D eigenvalue weighted by atomic mass is 32.1. The van der Waals surface area contributed by atoms with Gasteiger partial charge in [-0.25, -0.2) is 4.98 Å². The Bertz CT molecular complexity index is 612. The van der Waals surface area contributed by atoms with Gasteiger partial charge in [-0.1, -0.05) is 6.07 Å². The van der Waals surface area contributed by atoms with Crippen LogP contribution in [-0.2, 0) is 6.54 Å². The van der Waals surface area contributed by atoms with Gasteiger partial charge in [0.25, 0.3) is 5.91 Å². The lowest BCUT2D eigenvalue weighted by Gasteiger charge is -2.05. The molecule has 98 valence electrons. The Morgan fingerprint density at radius 3 is 2.95 bits per heavy atom. The molecule has 1 amide bonds. The van der Waals surface area contributed by atoms with Crippen LogP contribution < -0.4 is 5.32 Å². The van der Waals surface area contributed by atoms with Crippen molar-refractivity contribution in [3.05, 3.63) is 50.5 Å². The van der Waals surface area contributed by atoms with E-state index in [0.29, 0.717) is 5.69 Å². The lowest BCUT2D eigenvalue weighted by Crippen LogP contribution is -2.23. The van der Waals surface area contributed by atoms with E-state index in [4.69, 9.17) is 0 Å². The van der Waals surface area contributed by atoms with E-state index in [0.717, 1.165) is 6.07 Å². The number of nitrogens with zero attached hydrogens (tertiary/aromatic N) is 2. The smallest absolute Gasteiger partial charge is 0.311 e. The number of aromatic nitrogens is 1. The molecule has 0 unspecified atom stereocenters. The molecule has 2 N–H and O–H groups in total. The van der Waals surface area contributed by atoms with Crippen molar-refractivity contribution in [3.8, 4) is 5.75 Å². The number of nitrogens with one attached hydrogen (secondary N) is 1. The number of nitro groups is 1. The van der Waals surface area contributed by atoms with E-state index in [1.54, 1.807) is 10.9 Å². The summed E-state index contributed by atoms with van der Waals surface area (Å²) in [5, 5.41) is 24.6. The quantitative estimate of drug-likeness (QED) is 0.654. The number of hydrogen-bond acceptors (Lipinski definition) is 6. The molecule has 0 radical (unpaired) electrons. The SMILES string of the molecule is O=C(NCc1cscn1)c1cccc([N+](=O)[O-])c1O. The van der Waals surface area contributed by atoms with Gasteiger partial charge in [-0.3, -0.25) is 14.9 Å². The minimum Gasteiger partial charge on any atom is -0.502 e. The zero-order valence-corrected chi connectivity index (χ0v) is 10.4. The van der Waals surface area contributed by atoms with Crippen LogP contribution in [-0.4, -0.2) is 20.9 Å². The Morgan fingerprint density at radius 2 is 2.32 bits per heavy atom. The first-order valence-electron chi connectivity index (χ1n) is 5.21. The third-order valence-electron chi connectivity index (χ3n) is 2.37. The van der Waals surface area contributed by atoms with E-state index in [1.165, 1.54) is 23.5 Å². The first-order valence-corrected chi connectivity index (χ1v) is 6.15. The standard InChI is InChI=1S/C11H9N3O4S/c15-10-8(2-1-3-9(10)14(17)18)11(16)12-4-7-5-19-6-13-7/h1-3,5-6,15H,4H2,(H,12,16). The molecule has 2 aromatic rings. The predicted octanol–water partition coefficient (Wildman–Crippen LogP) is 1.69. The number of nitro benzene ring substituents is 1. The molecule has 0 spiro atoms. The highest BCUT2D eigenvalue weighted by Gasteiger charge is 2.20. The van der Waals surface area contributed by atoms with Crippen LogP contribution in [0.1, 0.15) is 16.1 Å². The molecule has 19 heavy (non-hydrogen) atoms. The molecule has 0 saturated carbocycles. The molecule has 0 aliphatic carbocycles. The molecule has 0 fully saturated rings. The minimum absolute atomic E-state index is 0.135. The fraction of sp³-hybridized carbons (Fsp3) is 0.0909. The second kappa shape index (κ2) is 5.44. The first-order chi connectivity index (χ1) is 9.09. The van der Waals surface area contributed by atoms with Gasteiger partial charge in [0.2, 0.25) is 5.75 Å². The van der Waals surface area contributed by atoms with Crippen molar-refractivity contribution >= 4 is 22.9 Å². The summed E-state index contributed by atoms with van der Waals surface area (Å²) in [4.78, 5) is 25.7. The number of amides is 1. The van der Waals surface area contributed by atoms with Gasteiger partial charge in [-0.15, -0.1) is 11.3 Å². The number of hydrogen-bond donors (Lipinski definition) is 2. The molecular formula is C11H9N3O4S. The fourth-order valence-corrected chi connectivity index (χ4v) is 2.01. The molecule has 2 rings (SSSR count). The maximum Gasteiger partial charge on any atom is 0.311 e. The Balaban J connectivity index is 2.15. The van der Waals surface area contributed by atoms with Crippen LogP contribution in [0.15, 0.2) is 29.1 Å². The van der Waals surface area contributed by atoms with Crippen molar-refractivity contribution in [2.45, 2.75) is 6.54 Å². The molecule has 1 aromatic heterocycles. The van der Waals surface area contributed by atoms with Crippen molar-refractivity contribution in [3.63, 3.8) is 0 Å². The van der Waals surface area contributed by atoms with E-state index in [1.807, 2.05) is 0 Å². The number of phenolic OH excluding ortho intramolecular Hbond substituents is 1. The third kappa shape index (κ3) is 2.86. The number of para-hydroxylation sites is 1. The minimum atomic E-state index is -0.744. The van der Waals surface area contributed by atoms with Crippen molar-refractivity contribution in [1.82, 2.24) is 10.3 Å². The highest BCUT2D eigenvalue weighted by Crippen LogP contribution is 2.29. The number of carbonyl (C=O) groups excluding carboxylic acids is 1. The molecule has 0 bridgehead atoms. The topological polar surface area (TPSA) is 105 Å². The lowest BCUT2D eigenvalue weighted by atomic mass is 10.1. The fourth-order valence-electron chi connectivity index (χ4n) is 1.45. The maximum atomic E-state index is 11.8. The molecule has 7 nitrogen and oxygen atoms in total. The Labute approximate surface area is 111 Å². The van der Waals surface area contributed by atoms with Gasteiger partial charge in [-0.2, -0.15) is 0 Å². The Hall–Kier alpha value is -2.48. The lowest BCUT2D eigenvalue weighted by molar-refractivity contribution is -0.385. The molecular weight excluding hydrogens is 270 g/mol. The van der Waals surface area contributed by atoms with E-state index < -0.39 is 22.3 Å². The van der Waals surface area contributed by atoms with E-state index in [2.05, 4.69) is 10.3 Å². The summed E-state index contributed by atoms with van der Waals surface area (Å²) in [6, 6.07) is 3.79. The summed E-state index contributed by atoms with van der Waals surface area (Å²) in [5.41, 5.74) is 1.68. The number of aromatic hydroxyl groups is 1. The molecule has 0 aliphatic rings. The molecule has 8 heteroatoms. The van der Waals surface area contributed by atoms with Gasteiger partial charge in [0.15, 0.2) is 0 Å². The summed E-state index contributed by atoms with van der Waals surface area (Å²) in [7, 11) is 0. The van der Waals surface area contributed by atoms with Gasteiger partial charge in [0, 0.05) is 11.4 Å². The van der Waals surface area contributed by atoms with Crippen molar-refractivity contribution in [2.24, 2.45) is 0 Å². The molecule has 0 aliphatic heterocycles. The monoisotopic (exact) mass is 279 g/mol. The van der Waals surface area contributed by atoms with Crippen LogP contribution in [0.5, 0.6) is 5.75 Å². The average Bonchev–Trinajstić information content (AvgIpc) is 2.89. The van der Waals surface area contributed by atoms with Gasteiger partial charge in [0.05, 0.1) is 28.2 Å². The predicted molar refractivity (Wildman–Crippen MR) is 68.0 cm³/mol. The number of phenols is 1. The second-order valence-electron chi connectivity index (χ2n) is 3.59. The van der Waals surface area contributed by atoms with Crippen LogP contribution in [0, 0.1) is 10.1 Å². The Kier molecular flexibility index (Phi) is 3.71. The second-order valence-corrected chi connectivity index (χ2v) is 4.31. The summed E-state index contributed by atoms with van der Waals surface area (Å²) >= 11 is 1.40. The van der Waals surface area contributed by atoms with E-state index >= 15 is 0 Å². The van der Waals surface area contributed by atoms with Gasteiger partial charge in [0.1, 0.15) is 0 Å². The first kappa shape index (κ1) is 13.0. The molecule has 0 atom stereocenters. The van der Waals surface area contributed by atoms with Gasteiger partial charge >= 0.3 is 5.69 Å². The largest absolute Gasteiger partial charge is 0.502 e. The van der Waals surface area contributed by atoms with E-state index in [-0.39, 0.29) is 12.1 Å². The summed E-state index contributed by atoms with van der Waals surface area (Å²) < 4.78 is 0. The highest BCUT2D eigenvalue weighted by molar-refractivity contribution is 7.07. The zero-order chi connectivity index (χ0) is 13.8. The summed E-state index contributed by atoms with van der Waals surface area (Å²) in [6.45, 7) is 0.199. The van der Waals surface area contributed by atoms with Crippen molar-refractivity contribution in [2.75, 3.05) is 0 Å². The Morgan fingerprint density at radius 1 is 1.53 bits per heavy atom. The number of carbonyl (C=O) groups is 1. The van der Waals surface area contributed by atoms with Crippen molar-refractivity contribution < 1.29 is 14.8 Å². The normalized spacial score (nSPS) is 10.1. The average molecular weight is 279 g/mol. The molecule has 1 heterocycles. The van der Waals surface area contributed by atoms with Crippen LogP contribution in [0.3, 0.4) is 0 Å². The maximum absolute atomic E-state index is 11.8. The van der Waals surface area contributed by atoms with Crippen LogP contribution in [0.25, 0.3) is 0 Å². The zero-order valence-electron chi connectivity index (χ0n) is 9.57. The van der Waals surface area contributed by atoms with E-state index in [9.17, 15) is 20.0 Å². The number of rotatable bonds is 4. The van der Waals surface area contributed by atoms with Crippen LogP contribution in [0.2, 0.25) is 0 Å².